The first kappa shape index (κ1) is 28.3. The highest BCUT2D eigenvalue weighted by atomic mass is 35.5. The zero-order valence-corrected chi connectivity index (χ0v) is 20.1. The standard InChI is InChI=1S/C12H16ClF2N4O13P3/c13-12(3-14)7(20)5(2-29-34(25,26)32-35(27,28)31-33(22,23)24)30-10(12)19-1-4(15)6-8(19)17-11(16)18-9(6)21/h1,5,7,10,20H,2-3H2,(H,25,26)(H,27,28)(H2,22,23,24)(H3,16,17,18,21)/t5-,7?,10-,12-/m1/s1. The number of anilines is 1. The van der Waals surface area contributed by atoms with Crippen molar-refractivity contribution in [2.24, 2.45) is 0 Å². The third-order valence-electron chi connectivity index (χ3n) is 4.49. The molecular formula is C12H16ClF2N4O13P3. The first-order chi connectivity index (χ1) is 15.9. The molecule has 1 fully saturated rings. The van der Waals surface area contributed by atoms with Crippen molar-refractivity contribution in [2.45, 2.75) is 23.3 Å². The maximum atomic E-state index is 14.4. The molecule has 0 aliphatic carbocycles. The average Bonchev–Trinajstić information content (AvgIpc) is 3.12. The summed E-state index contributed by atoms with van der Waals surface area (Å²) in [6.07, 6.45) is -4.98. The molecule has 3 heterocycles. The van der Waals surface area contributed by atoms with Gasteiger partial charge in [0.1, 0.15) is 29.1 Å². The quantitative estimate of drug-likeness (QED) is 0.149. The molecule has 198 valence electrons. The molecule has 1 aliphatic rings. The molecule has 2 aromatic rings. The van der Waals surface area contributed by atoms with Gasteiger partial charge in [-0.3, -0.25) is 14.3 Å². The van der Waals surface area contributed by atoms with Crippen molar-refractivity contribution in [3.63, 3.8) is 0 Å². The van der Waals surface area contributed by atoms with E-state index in [1.165, 1.54) is 0 Å². The topological polar surface area (TPSA) is 266 Å². The Morgan fingerprint density at radius 3 is 2.46 bits per heavy atom. The Labute approximate surface area is 196 Å². The van der Waals surface area contributed by atoms with E-state index < -0.39 is 88.4 Å². The molecule has 2 aromatic heterocycles. The lowest BCUT2D eigenvalue weighted by molar-refractivity contribution is -0.0437. The van der Waals surface area contributed by atoms with E-state index in [1.54, 1.807) is 0 Å². The minimum Gasteiger partial charge on any atom is -0.388 e. The number of aromatic amines is 1. The van der Waals surface area contributed by atoms with Gasteiger partial charge < -0.3 is 39.7 Å². The van der Waals surface area contributed by atoms with Crippen LogP contribution in [-0.2, 0) is 31.6 Å². The van der Waals surface area contributed by atoms with Crippen LogP contribution in [0.3, 0.4) is 0 Å². The number of H-pyrrole nitrogens is 1. The second-order valence-corrected chi connectivity index (χ2v) is 12.1. The van der Waals surface area contributed by atoms with Crippen LogP contribution >= 0.6 is 35.1 Å². The van der Waals surface area contributed by atoms with Gasteiger partial charge in [-0.1, -0.05) is 0 Å². The van der Waals surface area contributed by atoms with E-state index in [0.29, 0.717) is 6.20 Å². The number of aromatic nitrogens is 3. The molecule has 0 saturated carbocycles. The Balaban J connectivity index is 1.86. The maximum Gasteiger partial charge on any atom is 0.490 e. The van der Waals surface area contributed by atoms with E-state index in [0.717, 1.165) is 4.57 Å². The molecule has 1 aliphatic heterocycles. The Hall–Kier alpha value is -1.30. The number of rotatable bonds is 9. The summed E-state index contributed by atoms with van der Waals surface area (Å²) in [4.78, 5) is 51.1. The van der Waals surface area contributed by atoms with Gasteiger partial charge >= 0.3 is 23.5 Å². The summed E-state index contributed by atoms with van der Waals surface area (Å²) in [6, 6.07) is 0. The number of alkyl halides is 2. The fourth-order valence-electron chi connectivity index (χ4n) is 3.16. The number of nitrogen functional groups attached to an aromatic ring is 1. The average molecular weight is 591 g/mol. The number of aliphatic hydroxyl groups is 1. The molecule has 8 N–H and O–H groups in total. The lowest BCUT2D eigenvalue weighted by Crippen LogP contribution is -2.44. The summed E-state index contributed by atoms with van der Waals surface area (Å²) in [6.45, 7) is -2.72. The van der Waals surface area contributed by atoms with E-state index in [2.05, 4.69) is 18.1 Å². The van der Waals surface area contributed by atoms with Crippen LogP contribution in [0, 0.1) is 5.82 Å². The second-order valence-electron chi connectivity index (χ2n) is 6.95. The third kappa shape index (κ3) is 5.99. The fourth-order valence-corrected chi connectivity index (χ4v) is 6.49. The van der Waals surface area contributed by atoms with Crippen LogP contribution in [0.15, 0.2) is 11.0 Å². The molecule has 0 bridgehead atoms. The van der Waals surface area contributed by atoms with E-state index in [-0.39, 0.29) is 0 Å². The molecule has 6 atom stereocenters. The number of halogens is 3. The van der Waals surface area contributed by atoms with Gasteiger partial charge in [0.05, 0.1) is 6.61 Å². The summed E-state index contributed by atoms with van der Waals surface area (Å²) >= 11 is 6.17. The van der Waals surface area contributed by atoms with Gasteiger partial charge in [0.2, 0.25) is 5.95 Å². The molecule has 23 heteroatoms. The number of aliphatic hydroxyl groups excluding tert-OH is 1. The number of phosphoric ester groups is 1. The monoisotopic (exact) mass is 590 g/mol. The minimum absolute atomic E-state index is 0.451. The summed E-state index contributed by atoms with van der Waals surface area (Å²) in [5, 5.41) is 9.86. The highest BCUT2D eigenvalue weighted by Crippen LogP contribution is 2.66. The first-order valence-corrected chi connectivity index (χ1v) is 13.7. The number of hydrogen-bond donors (Lipinski definition) is 7. The molecule has 1 saturated heterocycles. The smallest absolute Gasteiger partial charge is 0.388 e. The van der Waals surface area contributed by atoms with Crippen LogP contribution in [-0.4, -0.2) is 69.6 Å². The van der Waals surface area contributed by atoms with Crippen molar-refractivity contribution >= 4 is 52.1 Å². The summed E-state index contributed by atoms with van der Waals surface area (Å²) < 4.78 is 79.8. The number of nitrogens with zero attached hydrogens (tertiary/aromatic N) is 2. The van der Waals surface area contributed by atoms with E-state index >= 15 is 0 Å². The predicted molar refractivity (Wildman–Crippen MR) is 109 cm³/mol. The van der Waals surface area contributed by atoms with Crippen LogP contribution in [0.25, 0.3) is 11.0 Å². The minimum atomic E-state index is -5.83. The first-order valence-electron chi connectivity index (χ1n) is 8.82. The molecular weight excluding hydrogens is 575 g/mol. The molecule has 17 nitrogen and oxygen atoms in total. The largest absolute Gasteiger partial charge is 0.490 e. The van der Waals surface area contributed by atoms with Crippen LogP contribution in [0.2, 0.25) is 0 Å². The Kier molecular flexibility index (Phi) is 7.70. The summed E-state index contributed by atoms with van der Waals surface area (Å²) in [7, 11) is -17.1. The van der Waals surface area contributed by atoms with E-state index in [4.69, 9.17) is 36.8 Å². The van der Waals surface area contributed by atoms with Gasteiger partial charge in [-0.05, 0) is 0 Å². The van der Waals surface area contributed by atoms with Crippen molar-refractivity contribution in [1.82, 2.24) is 14.5 Å². The number of phosphoric acid groups is 3. The van der Waals surface area contributed by atoms with Crippen molar-refractivity contribution < 1.29 is 65.0 Å². The molecule has 0 radical (unpaired) electrons. The molecule has 0 amide bonds. The van der Waals surface area contributed by atoms with Gasteiger partial charge in [0.15, 0.2) is 17.7 Å². The summed E-state index contributed by atoms with van der Waals surface area (Å²) in [5.74, 6) is -1.59. The van der Waals surface area contributed by atoms with E-state index in [9.17, 15) is 37.3 Å². The zero-order chi connectivity index (χ0) is 26.6. The molecule has 0 aromatic carbocycles. The van der Waals surface area contributed by atoms with Crippen molar-refractivity contribution in [1.29, 1.82) is 0 Å². The highest BCUT2D eigenvalue weighted by Gasteiger charge is 2.57. The van der Waals surface area contributed by atoms with Crippen molar-refractivity contribution in [3.8, 4) is 0 Å². The van der Waals surface area contributed by atoms with Gasteiger partial charge in [-0.2, -0.15) is 13.6 Å². The second kappa shape index (κ2) is 9.54. The lowest BCUT2D eigenvalue weighted by Gasteiger charge is -2.28. The van der Waals surface area contributed by atoms with E-state index in [1.807, 2.05) is 4.98 Å². The number of fused-ring (bicyclic) bond motifs is 1. The van der Waals surface area contributed by atoms with Gasteiger partial charge in [-0.15, -0.1) is 11.6 Å². The molecule has 3 rings (SSSR count). The fraction of sp³-hybridized carbons (Fsp3) is 0.500. The molecule has 3 unspecified atom stereocenters. The Morgan fingerprint density at radius 2 is 1.89 bits per heavy atom. The van der Waals surface area contributed by atoms with Crippen LogP contribution in [0.1, 0.15) is 6.23 Å². The van der Waals surface area contributed by atoms with Gasteiger partial charge in [0, 0.05) is 6.20 Å². The van der Waals surface area contributed by atoms with Crippen molar-refractivity contribution in [2.75, 3.05) is 19.0 Å². The lowest BCUT2D eigenvalue weighted by atomic mass is 10.0. The number of hydrogen-bond acceptors (Lipinski definition) is 11. The van der Waals surface area contributed by atoms with Gasteiger partial charge in [-0.25, -0.2) is 22.5 Å². The summed E-state index contributed by atoms with van der Waals surface area (Å²) in [5.41, 5.74) is 4.00. The molecule has 0 spiro atoms. The zero-order valence-electron chi connectivity index (χ0n) is 16.7. The SMILES string of the molecule is Nc1nc2c(c(F)cn2[C@@H]2O[C@H](COP(=O)(O)OP(=O)(O)OP(=O)(O)O)C(O)[C@]2(Cl)CF)c(=O)[nH]1. The van der Waals surface area contributed by atoms with Crippen LogP contribution < -0.4 is 11.3 Å². The van der Waals surface area contributed by atoms with Crippen LogP contribution in [0.4, 0.5) is 14.7 Å². The Morgan fingerprint density at radius 1 is 1.26 bits per heavy atom. The predicted octanol–water partition coefficient (Wildman–Crippen LogP) is -0.00540. The number of ether oxygens (including phenoxy) is 1. The van der Waals surface area contributed by atoms with Crippen LogP contribution in [0.5, 0.6) is 0 Å². The third-order valence-corrected chi connectivity index (χ3v) is 8.80. The Bertz CT molecular complexity index is 1330. The number of nitrogens with one attached hydrogen (secondary N) is 1. The number of nitrogens with two attached hydrogens (primary N) is 1. The normalized spacial score (nSPS) is 28.7. The highest BCUT2D eigenvalue weighted by molar-refractivity contribution is 7.66. The van der Waals surface area contributed by atoms with Gasteiger partial charge in [0.25, 0.3) is 5.56 Å². The van der Waals surface area contributed by atoms with Crippen molar-refractivity contribution in [3.05, 3.63) is 22.4 Å². The maximum absolute atomic E-state index is 14.4. The molecule has 35 heavy (non-hydrogen) atoms.